The first-order valence-corrected chi connectivity index (χ1v) is 7.45. The first-order chi connectivity index (χ1) is 9.74. The van der Waals surface area contributed by atoms with Crippen LogP contribution in [0, 0.1) is 5.82 Å². The van der Waals surface area contributed by atoms with Gasteiger partial charge in [-0.1, -0.05) is 36.0 Å². The Morgan fingerprint density at radius 3 is 3.05 bits per heavy atom. The zero-order chi connectivity index (χ0) is 13.7. The molecule has 0 saturated heterocycles. The highest BCUT2D eigenvalue weighted by atomic mass is 32.2. The van der Waals surface area contributed by atoms with Gasteiger partial charge < -0.3 is 4.90 Å². The van der Waals surface area contributed by atoms with E-state index >= 15 is 0 Å². The minimum Gasteiger partial charge on any atom is -0.318 e. The molecule has 4 heteroatoms. The Bertz CT molecular complexity index is 779. The molecule has 20 heavy (non-hydrogen) atoms. The number of thioether (sulfide) groups is 1. The highest BCUT2D eigenvalue weighted by Crippen LogP contribution is 2.42. The van der Waals surface area contributed by atoms with E-state index < -0.39 is 0 Å². The van der Waals surface area contributed by atoms with Gasteiger partial charge in [0.25, 0.3) is 0 Å². The number of halogens is 1. The van der Waals surface area contributed by atoms with Gasteiger partial charge in [0.15, 0.2) is 5.17 Å². The van der Waals surface area contributed by atoms with Crippen LogP contribution in [0.3, 0.4) is 0 Å². The van der Waals surface area contributed by atoms with Crippen molar-refractivity contribution in [2.24, 2.45) is 4.99 Å². The largest absolute Gasteiger partial charge is 0.318 e. The number of benzene rings is 2. The number of hydrogen-bond acceptors (Lipinski definition) is 3. The molecule has 0 saturated carbocycles. The Labute approximate surface area is 121 Å². The van der Waals surface area contributed by atoms with Crippen LogP contribution in [-0.4, -0.2) is 23.2 Å². The van der Waals surface area contributed by atoms with Crippen LogP contribution in [0.25, 0.3) is 16.5 Å². The number of fused-ring (bicyclic) bond motifs is 2. The number of nitrogens with zero attached hydrogens (tertiary/aromatic N) is 2. The fourth-order valence-corrected chi connectivity index (χ4v) is 3.93. The van der Waals surface area contributed by atoms with Crippen molar-refractivity contribution in [3.63, 3.8) is 0 Å². The van der Waals surface area contributed by atoms with Crippen molar-refractivity contribution in [1.82, 2.24) is 4.90 Å². The van der Waals surface area contributed by atoms with E-state index in [4.69, 9.17) is 0 Å². The lowest BCUT2D eigenvalue weighted by atomic mass is 10.0. The normalized spacial score (nSPS) is 17.9. The van der Waals surface area contributed by atoms with E-state index in [-0.39, 0.29) is 5.82 Å². The lowest BCUT2D eigenvalue weighted by Crippen LogP contribution is -2.20. The summed E-state index contributed by atoms with van der Waals surface area (Å²) in [5.41, 5.74) is 2.39. The van der Waals surface area contributed by atoms with Crippen molar-refractivity contribution in [2.75, 3.05) is 13.1 Å². The molecule has 2 aliphatic heterocycles. The van der Waals surface area contributed by atoms with Gasteiger partial charge in [-0.3, -0.25) is 4.99 Å². The van der Waals surface area contributed by atoms with Crippen LogP contribution < -0.4 is 0 Å². The van der Waals surface area contributed by atoms with Gasteiger partial charge in [-0.25, -0.2) is 4.39 Å². The van der Waals surface area contributed by atoms with Crippen molar-refractivity contribution in [3.8, 4) is 0 Å². The fourth-order valence-electron chi connectivity index (χ4n) is 2.89. The van der Waals surface area contributed by atoms with Gasteiger partial charge in [-0.05, 0) is 29.8 Å². The van der Waals surface area contributed by atoms with Gasteiger partial charge in [-0.15, -0.1) is 0 Å². The molecule has 2 aromatic rings. The summed E-state index contributed by atoms with van der Waals surface area (Å²) < 4.78 is 13.4. The molecule has 4 rings (SSSR count). The monoisotopic (exact) mass is 284 g/mol. The minimum atomic E-state index is -0.190. The molecule has 2 aromatic carbocycles. The van der Waals surface area contributed by atoms with Gasteiger partial charge in [0, 0.05) is 17.0 Å². The lowest BCUT2D eigenvalue weighted by molar-refractivity contribution is 0.629. The first-order valence-electron chi connectivity index (χ1n) is 6.63. The van der Waals surface area contributed by atoms with E-state index in [1.807, 2.05) is 18.2 Å². The quantitative estimate of drug-likeness (QED) is 0.784. The minimum absolute atomic E-state index is 0.190. The van der Waals surface area contributed by atoms with Crippen LogP contribution in [0.1, 0.15) is 12.5 Å². The molecule has 0 radical (unpaired) electrons. The number of amidine groups is 1. The molecule has 0 bridgehead atoms. The molecule has 0 N–H and O–H groups in total. The molecule has 0 spiro atoms. The van der Waals surface area contributed by atoms with Crippen molar-refractivity contribution >= 4 is 33.4 Å². The molecule has 0 fully saturated rings. The third kappa shape index (κ3) is 1.68. The molecule has 0 atom stereocenters. The van der Waals surface area contributed by atoms with E-state index in [1.165, 1.54) is 22.2 Å². The summed E-state index contributed by atoms with van der Waals surface area (Å²) >= 11 is 1.73. The maximum Gasteiger partial charge on any atom is 0.168 e. The third-order valence-corrected chi connectivity index (χ3v) is 4.78. The number of allylic oxidation sites excluding steroid dienone is 1. The predicted octanol–water partition coefficient (Wildman–Crippen LogP) is 4.09. The number of hydrogen-bond donors (Lipinski definition) is 0. The molecule has 0 unspecified atom stereocenters. The molecule has 0 aliphatic carbocycles. The maximum absolute atomic E-state index is 13.4. The van der Waals surface area contributed by atoms with Crippen LogP contribution in [0.15, 0.2) is 46.3 Å². The van der Waals surface area contributed by atoms with Crippen molar-refractivity contribution < 1.29 is 4.39 Å². The Kier molecular flexibility index (Phi) is 2.60. The van der Waals surface area contributed by atoms with Crippen molar-refractivity contribution in [2.45, 2.75) is 6.92 Å². The fraction of sp³-hybridized carbons (Fsp3) is 0.188. The average molecular weight is 284 g/mol. The lowest BCUT2D eigenvalue weighted by Gasteiger charge is -2.18. The predicted molar refractivity (Wildman–Crippen MR) is 83.1 cm³/mol. The Hall–Kier alpha value is -1.81. The Morgan fingerprint density at radius 1 is 1.25 bits per heavy atom. The second-order valence-electron chi connectivity index (χ2n) is 4.99. The molecule has 0 amide bonds. The summed E-state index contributed by atoms with van der Waals surface area (Å²) in [5, 5.41) is 3.13. The molecule has 2 nitrogen and oxygen atoms in total. The van der Waals surface area contributed by atoms with Gasteiger partial charge in [0.2, 0.25) is 0 Å². The number of rotatable bonds is 1. The smallest absolute Gasteiger partial charge is 0.168 e. The topological polar surface area (TPSA) is 15.6 Å². The second kappa shape index (κ2) is 4.35. The molecule has 2 aliphatic rings. The zero-order valence-electron chi connectivity index (χ0n) is 11.1. The summed E-state index contributed by atoms with van der Waals surface area (Å²) in [6, 6.07) is 11.1. The summed E-state index contributed by atoms with van der Waals surface area (Å²) in [6.07, 6.45) is 0. The second-order valence-corrected chi connectivity index (χ2v) is 6.18. The van der Waals surface area contributed by atoms with Gasteiger partial charge >= 0.3 is 0 Å². The molecular formula is C16H13FN2S. The molecule has 0 aromatic heterocycles. The maximum atomic E-state index is 13.4. The average Bonchev–Trinajstić information content (AvgIpc) is 2.97. The highest BCUT2D eigenvalue weighted by Gasteiger charge is 2.31. The van der Waals surface area contributed by atoms with E-state index in [0.29, 0.717) is 0 Å². The van der Waals surface area contributed by atoms with Crippen LogP contribution in [0.5, 0.6) is 0 Å². The van der Waals surface area contributed by atoms with E-state index in [1.54, 1.807) is 17.8 Å². The van der Waals surface area contributed by atoms with Crippen LogP contribution >= 0.6 is 11.8 Å². The standard InChI is InChI=1S/C16H13FN2S/c1-10-15(19-8-7-18-16(19)20-10)14-4-2-3-11-9-12(17)5-6-13(11)14/h2-6,9H,7-8H2,1H3. The van der Waals surface area contributed by atoms with Gasteiger partial charge in [0.1, 0.15) is 5.82 Å². The van der Waals surface area contributed by atoms with Crippen LogP contribution in [0.4, 0.5) is 4.39 Å². The molecule has 2 heterocycles. The SMILES string of the molecule is CC1=C(c2cccc3cc(F)ccc23)N2CCN=C2S1. The number of aliphatic imine (C=N–C) groups is 1. The Morgan fingerprint density at radius 2 is 2.15 bits per heavy atom. The third-order valence-electron chi connectivity index (χ3n) is 3.75. The van der Waals surface area contributed by atoms with E-state index in [0.717, 1.165) is 29.0 Å². The van der Waals surface area contributed by atoms with Crippen molar-refractivity contribution in [1.29, 1.82) is 0 Å². The van der Waals surface area contributed by atoms with Crippen molar-refractivity contribution in [3.05, 3.63) is 52.7 Å². The van der Waals surface area contributed by atoms with Gasteiger partial charge in [-0.2, -0.15) is 0 Å². The summed E-state index contributed by atoms with van der Waals surface area (Å²) in [6.45, 7) is 3.92. The Balaban J connectivity index is 1.95. The zero-order valence-corrected chi connectivity index (χ0v) is 11.9. The van der Waals surface area contributed by atoms with Crippen LogP contribution in [-0.2, 0) is 0 Å². The summed E-state index contributed by atoms with van der Waals surface area (Å²) in [5.74, 6) is -0.190. The molecule has 100 valence electrons. The van der Waals surface area contributed by atoms with E-state index in [2.05, 4.69) is 22.9 Å². The summed E-state index contributed by atoms with van der Waals surface area (Å²) in [7, 11) is 0. The van der Waals surface area contributed by atoms with E-state index in [9.17, 15) is 4.39 Å². The van der Waals surface area contributed by atoms with Gasteiger partial charge in [0.05, 0.1) is 12.2 Å². The van der Waals surface area contributed by atoms with Crippen LogP contribution in [0.2, 0.25) is 0 Å². The highest BCUT2D eigenvalue weighted by molar-refractivity contribution is 8.17. The molecular weight excluding hydrogens is 271 g/mol. The first kappa shape index (κ1) is 12.0. The summed E-state index contributed by atoms with van der Waals surface area (Å²) in [4.78, 5) is 8.06.